The molecule has 0 atom stereocenters. The van der Waals surface area contributed by atoms with E-state index in [-0.39, 0.29) is 5.91 Å². The molecule has 0 radical (unpaired) electrons. The zero-order valence-electron chi connectivity index (χ0n) is 13.9. The maximum atomic E-state index is 12.4. The first-order valence-corrected chi connectivity index (χ1v) is 8.24. The van der Waals surface area contributed by atoms with E-state index in [9.17, 15) is 4.79 Å². The number of benzene rings is 1. The van der Waals surface area contributed by atoms with Gasteiger partial charge in [0.1, 0.15) is 23.6 Å². The van der Waals surface area contributed by atoms with E-state index in [0.29, 0.717) is 12.2 Å². The molecular formula is C18H22N4O2. The van der Waals surface area contributed by atoms with Gasteiger partial charge in [0.2, 0.25) is 0 Å². The number of aromatic nitrogens is 2. The third-order valence-corrected chi connectivity index (χ3v) is 4.15. The maximum absolute atomic E-state index is 12.4. The van der Waals surface area contributed by atoms with Crippen LogP contribution in [0.1, 0.15) is 35.3 Å². The van der Waals surface area contributed by atoms with Crippen LogP contribution in [0.5, 0.6) is 5.75 Å². The van der Waals surface area contributed by atoms with E-state index >= 15 is 0 Å². The first-order valence-electron chi connectivity index (χ1n) is 8.24. The van der Waals surface area contributed by atoms with Crippen LogP contribution >= 0.6 is 0 Å². The van der Waals surface area contributed by atoms with Gasteiger partial charge >= 0.3 is 0 Å². The summed E-state index contributed by atoms with van der Waals surface area (Å²) in [6.07, 6.45) is 5.06. The molecule has 1 fully saturated rings. The van der Waals surface area contributed by atoms with Crippen LogP contribution in [0.25, 0.3) is 0 Å². The quantitative estimate of drug-likeness (QED) is 0.914. The zero-order chi connectivity index (χ0) is 16.8. The minimum Gasteiger partial charge on any atom is -0.497 e. The second-order valence-electron chi connectivity index (χ2n) is 5.84. The lowest BCUT2D eigenvalue weighted by atomic mass is 10.1. The molecule has 3 rings (SSSR count). The fraction of sp³-hybridized carbons (Fsp3) is 0.389. The van der Waals surface area contributed by atoms with Crippen LogP contribution in [-0.2, 0) is 6.54 Å². The van der Waals surface area contributed by atoms with Crippen molar-refractivity contribution < 1.29 is 9.53 Å². The van der Waals surface area contributed by atoms with Gasteiger partial charge in [-0.05, 0) is 37.0 Å². The van der Waals surface area contributed by atoms with Gasteiger partial charge in [0.25, 0.3) is 5.91 Å². The normalized spacial score (nSPS) is 14.3. The number of ether oxygens (including phenoxy) is 1. The third-order valence-electron chi connectivity index (χ3n) is 4.15. The van der Waals surface area contributed by atoms with E-state index in [0.717, 1.165) is 30.2 Å². The Kier molecular flexibility index (Phi) is 5.25. The van der Waals surface area contributed by atoms with Crippen LogP contribution in [-0.4, -0.2) is 36.1 Å². The molecule has 0 aliphatic carbocycles. The van der Waals surface area contributed by atoms with Gasteiger partial charge in [-0.2, -0.15) is 0 Å². The molecule has 1 N–H and O–H groups in total. The Hall–Kier alpha value is -2.63. The molecule has 1 aromatic heterocycles. The molecule has 0 unspecified atom stereocenters. The smallest absolute Gasteiger partial charge is 0.270 e. The Bertz CT molecular complexity index is 699. The highest BCUT2D eigenvalue weighted by molar-refractivity contribution is 5.92. The maximum Gasteiger partial charge on any atom is 0.270 e. The van der Waals surface area contributed by atoms with E-state index in [1.807, 2.05) is 24.3 Å². The van der Waals surface area contributed by atoms with Crippen molar-refractivity contribution in [3.05, 3.63) is 47.9 Å². The largest absolute Gasteiger partial charge is 0.497 e. The molecule has 2 aromatic rings. The first kappa shape index (κ1) is 16.2. The van der Waals surface area contributed by atoms with Crippen molar-refractivity contribution in [2.75, 3.05) is 25.1 Å². The number of methoxy groups -OCH3 is 1. The van der Waals surface area contributed by atoms with Crippen LogP contribution in [0.15, 0.2) is 36.7 Å². The highest BCUT2D eigenvalue weighted by atomic mass is 16.5. The van der Waals surface area contributed by atoms with Gasteiger partial charge in [-0.25, -0.2) is 9.97 Å². The number of nitrogens with zero attached hydrogens (tertiary/aromatic N) is 3. The number of carbonyl (C=O) groups excluding carboxylic acids is 1. The van der Waals surface area contributed by atoms with Gasteiger partial charge in [0, 0.05) is 25.7 Å². The Morgan fingerprint density at radius 1 is 1.21 bits per heavy atom. The summed E-state index contributed by atoms with van der Waals surface area (Å²) in [6, 6.07) is 9.40. The lowest BCUT2D eigenvalue weighted by molar-refractivity contribution is 0.0945. The Morgan fingerprint density at radius 3 is 2.83 bits per heavy atom. The molecule has 6 heteroatoms. The SMILES string of the molecule is COc1cccc(CNC(=O)c2cc(N3CCCCC3)ncn2)c1. The van der Waals surface area contributed by atoms with Crippen molar-refractivity contribution in [2.45, 2.75) is 25.8 Å². The van der Waals surface area contributed by atoms with Crippen LogP contribution in [0.2, 0.25) is 0 Å². The van der Waals surface area contributed by atoms with Crippen molar-refractivity contribution in [2.24, 2.45) is 0 Å². The average Bonchev–Trinajstić information content (AvgIpc) is 2.67. The highest BCUT2D eigenvalue weighted by Gasteiger charge is 2.15. The number of rotatable bonds is 5. The summed E-state index contributed by atoms with van der Waals surface area (Å²) in [5, 5.41) is 2.89. The summed E-state index contributed by atoms with van der Waals surface area (Å²) in [6.45, 7) is 2.41. The van der Waals surface area contributed by atoms with Gasteiger partial charge in [-0.15, -0.1) is 0 Å². The van der Waals surface area contributed by atoms with Gasteiger partial charge in [0.15, 0.2) is 0 Å². The van der Waals surface area contributed by atoms with Crippen LogP contribution in [0.3, 0.4) is 0 Å². The number of hydrogen-bond acceptors (Lipinski definition) is 5. The number of carbonyl (C=O) groups is 1. The summed E-state index contributed by atoms with van der Waals surface area (Å²) in [7, 11) is 1.63. The Labute approximate surface area is 141 Å². The van der Waals surface area contributed by atoms with E-state index < -0.39 is 0 Å². The van der Waals surface area contributed by atoms with E-state index in [1.54, 1.807) is 13.2 Å². The van der Waals surface area contributed by atoms with Gasteiger partial charge in [-0.3, -0.25) is 4.79 Å². The molecule has 6 nitrogen and oxygen atoms in total. The lowest BCUT2D eigenvalue weighted by Crippen LogP contribution is -2.31. The molecule has 1 aromatic carbocycles. The van der Waals surface area contributed by atoms with Crippen molar-refractivity contribution in [1.29, 1.82) is 0 Å². The molecule has 0 spiro atoms. The Balaban J connectivity index is 1.64. The summed E-state index contributed by atoms with van der Waals surface area (Å²) >= 11 is 0. The fourth-order valence-corrected chi connectivity index (χ4v) is 2.82. The monoisotopic (exact) mass is 326 g/mol. The molecule has 1 aliphatic rings. The second kappa shape index (κ2) is 7.77. The highest BCUT2D eigenvalue weighted by Crippen LogP contribution is 2.17. The summed E-state index contributed by atoms with van der Waals surface area (Å²) in [4.78, 5) is 23.0. The molecule has 1 amide bonds. The molecular weight excluding hydrogens is 304 g/mol. The van der Waals surface area contributed by atoms with E-state index in [2.05, 4.69) is 20.2 Å². The summed E-state index contributed by atoms with van der Waals surface area (Å²) in [5.74, 6) is 1.41. The van der Waals surface area contributed by atoms with Crippen molar-refractivity contribution in [3.8, 4) is 5.75 Å². The molecule has 0 saturated carbocycles. The minimum absolute atomic E-state index is 0.196. The van der Waals surface area contributed by atoms with Crippen molar-refractivity contribution in [1.82, 2.24) is 15.3 Å². The molecule has 0 bridgehead atoms. The summed E-state index contributed by atoms with van der Waals surface area (Å²) in [5.41, 5.74) is 1.38. The van der Waals surface area contributed by atoms with Gasteiger partial charge in [-0.1, -0.05) is 12.1 Å². The summed E-state index contributed by atoms with van der Waals surface area (Å²) < 4.78 is 5.19. The third kappa shape index (κ3) is 4.01. The molecule has 126 valence electrons. The van der Waals surface area contributed by atoms with Crippen LogP contribution in [0, 0.1) is 0 Å². The van der Waals surface area contributed by atoms with Crippen LogP contribution in [0.4, 0.5) is 5.82 Å². The predicted molar refractivity (Wildman–Crippen MR) is 92.3 cm³/mol. The number of amides is 1. The van der Waals surface area contributed by atoms with E-state index in [4.69, 9.17) is 4.74 Å². The first-order chi connectivity index (χ1) is 11.8. The second-order valence-corrected chi connectivity index (χ2v) is 5.84. The predicted octanol–water partition coefficient (Wildman–Crippen LogP) is 2.41. The lowest BCUT2D eigenvalue weighted by Gasteiger charge is -2.27. The minimum atomic E-state index is -0.196. The topological polar surface area (TPSA) is 67.3 Å². The number of nitrogens with one attached hydrogen (secondary N) is 1. The van der Waals surface area contributed by atoms with Crippen molar-refractivity contribution >= 4 is 11.7 Å². The molecule has 1 aliphatic heterocycles. The van der Waals surface area contributed by atoms with E-state index in [1.165, 1.54) is 25.6 Å². The Morgan fingerprint density at radius 2 is 2.04 bits per heavy atom. The zero-order valence-corrected chi connectivity index (χ0v) is 13.9. The number of piperidine rings is 1. The molecule has 24 heavy (non-hydrogen) atoms. The standard InChI is InChI=1S/C18H22N4O2/c1-24-15-7-5-6-14(10-15)12-19-18(23)16-11-17(21-13-20-16)22-8-3-2-4-9-22/h5-7,10-11,13H,2-4,8-9,12H2,1H3,(H,19,23). The van der Waals surface area contributed by atoms with Crippen LogP contribution < -0.4 is 15.0 Å². The van der Waals surface area contributed by atoms with Gasteiger partial charge < -0.3 is 15.0 Å². The number of hydrogen-bond donors (Lipinski definition) is 1. The fourth-order valence-electron chi connectivity index (χ4n) is 2.82. The van der Waals surface area contributed by atoms with Gasteiger partial charge in [0.05, 0.1) is 7.11 Å². The molecule has 1 saturated heterocycles. The molecule has 2 heterocycles. The number of anilines is 1. The average molecular weight is 326 g/mol. The van der Waals surface area contributed by atoms with Crippen molar-refractivity contribution in [3.63, 3.8) is 0 Å².